The summed E-state index contributed by atoms with van der Waals surface area (Å²) in [6.45, 7) is 5.76. The highest BCUT2D eigenvalue weighted by Crippen LogP contribution is 2.34. The molecule has 0 radical (unpaired) electrons. The highest BCUT2D eigenvalue weighted by atomic mass is 16.5. The summed E-state index contributed by atoms with van der Waals surface area (Å²) in [5.74, 6) is 1.64. The van der Waals surface area contributed by atoms with E-state index in [1.165, 1.54) is 14.2 Å². The maximum absolute atomic E-state index is 5.32. The minimum absolute atomic E-state index is 0.316. The van der Waals surface area contributed by atoms with E-state index in [9.17, 15) is 0 Å². The summed E-state index contributed by atoms with van der Waals surface area (Å²) in [5, 5.41) is 3.86. The summed E-state index contributed by atoms with van der Waals surface area (Å²) < 4.78 is 15.8. The number of fused-ring (bicyclic) bond motifs is 1. The Morgan fingerprint density at radius 2 is 1.64 bits per heavy atom. The van der Waals surface area contributed by atoms with Gasteiger partial charge in [0.05, 0.1) is 25.3 Å². The Hall–Kier alpha value is -2.70. The highest BCUT2D eigenvalue weighted by molar-refractivity contribution is 5.92. The number of nitrogens with zero attached hydrogens (tertiary/aromatic N) is 4. The lowest BCUT2D eigenvalue weighted by atomic mass is 10.0. The van der Waals surface area contributed by atoms with Crippen molar-refractivity contribution in [1.29, 1.82) is 0 Å². The number of methoxy groups -OCH3 is 2. The summed E-state index contributed by atoms with van der Waals surface area (Å²) in [6, 6.07) is 1.95. The molecule has 0 unspecified atom stereocenters. The number of benzene rings is 1. The molecule has 0 amide bonds. The molecule has 0 atom stereocenters. The van der Waals surface area contributed by atoms with Crippen molar-refractivity contribution in [3.05, 3.63) is 23.0 Å². The lowest BCUT2D eigenvalue weighted by molar-refractivity contribution is 0.334. The van der Waals surface area contributed by atoms with Crippen LogP contribution in [0.25, 0.3) is 22.5 Å². The minimum Gasteiger partial charge on any atom is -0.477 e. The molecule has 0 spiro atoms. The number of aromatic nitrogens is 4. The normalized spacial score (nSPS) is 11.0. The van der Waals surface area contributed by atoms with E-state index in [2.05, 4.69) is 20.1 Å². The van der Waals surface area contributed by atoms with Crippen LogP contribution in [0, 0.1) is 20.8 Å². The fraction of sp³-hybridized carbons (Fsp3) is 0.333. The van der Waals surface area contributed by atoms with Crippen LogP contribution < -0.4 is 9.47 Å². The number of rotatable bonds is 3. The van der Waals surface area contributed by atoms with Gasteiger partial charge in [0.2, 0.25) is 0 Å². The smallest absolute Gasteiger partial charge is 0.278 e. The second kappa shape index (κ2) is 5.25. The Kier molecular flexibility index (Phi) is 3.40. The summed E-state index contributed by atoms with van der Waals surface area (Å²) in [7, 11) is 3.05. The molecule has 0 N–H and O–H groups in total. The van der Waals surface area contributed by atoms with Gasteiger partial charge in [0.1, 0.15) is 5.52 Å². The van der Waals surface area contributed by atoms with Crippen molar-refractivity contribution < 1.29 is 14.0 Å². The van der Waals surface area contributed by atoms with Gasteiger partial charge in [0.15, 0.2) is 5.82 Å². The zero-order valence-electron chi connectivity index (χ0n) is 13.1. The van der Waals surface area contributed by atoms with Gasteiger partial charge in [-0.2, -0.15) is 4.98 Å². The fourth-order valence-corrected chi connectivity index (χ4v) is 2.32. The predicted molar refractivity (Wildman–Crippen MR) is 80.1 cm³/mol. The number of aryl methyl sites for hydroxylation is 2. The zero-order chi connectivity index (χ0) is 15.9. The summed E-state index contributed by atoms with van der Waals surface area (Å²) >= 11 is 0. The Morgan fingerprint density at radius 1 is 0.955 bits per heavy atom. The first-order valence-electron chi connectivity index (χ1n) is 6.75. The number of hydrogen-bond donors (Lipinski definition) is 0. The van der Waals surface area contributed by atoms with Crippen molar-refractivity contribution >= 4 is 11.0 Å². The third kappa shape index (κ3) is 2.14. The van der Waals surface area contributed by atoms with E-state index in [-0.39, 0.29) is 0 Å². The van der Waals surface area contributed by atoms with Crippen LogP contribution in [0.1, 0.15) is 17.0 Å². The van der Waals surface area contributed by atoms with Gasteiger partial charge < -0.3 is 14.0 Å². The van der Waals surface area contributed by atoms with Gasteiger partial charge in [-0.15, -0.1) is 0 Å². The molecule has 3 rings (SSSR count). The molecule has 1 aromatic carbocycles. The Balaban J connectivity index is 2.40. The maximum atomic E-state index is 5.32. The van der Waals surface area contributed by atoms with Crippen LogP contribution in [0.2, 0.25) is 0 Å². The topological polar surface area (TPSA) is 83.2 Å². The Morgan fingerprint density at radius 3 is 2.23 bits per heavy atom. The van der Waals surface area contributed by atoms with Crippen LogP contribution in [-0.2, 0) is 0 Å². The molecule has 3 aromatic rings. The van der Waals surface area contributed by atoms with Gasteiger partial charge >= 0.3 is 0 Å². The average molecular weight is 300 g/mol. The maximum Gasteiger partial charge on any atom is 0.278 e. The quantitative estimate of drug-likeness (QED) is 0.735. The first kappa shape index (κ1) is 14.2. The van der Waals surface area contributed by atoms with E-state index in [4.69, 9.17) is 14.0 Å². The molecular weight excluding hydrogens is 284 g/mol. The van der Waals surface area contributed by atoms with Crippen LogP contribution >= 0.6 is 0 Å². The molecule has 7 heteroatoms. The van der Waals surface area contributed by atoms with Crippen molar-refractivity contribution in [3.8, 4) is 23.2 Å². The lowest BCUT2D eigenvalue weighted by Crippen LogP contribution is -2.00. The van der Waals surface area contributed by atoms with E-state index in [0.717, 1.165) is 16.7 Å². The van der Waals surface area contributed by atoms with Gasteiger partial charge in [-0.05, 0) is 38.0 Å². The number of hydrogen-bond acceptors (Lipinski definition) is 7. The van der Waals surface area contributed by atoms with Crippen LogP contribution in [0.3, 0.4) is 0 Å². The minimum atomic E-state index is 0.316. The summed E-state index contributed by atoms with van der Waals surface area (Å²) in [5.41, 5.74) is 4.16. The molecule has 0 bridgehead atoms. The Bertz CT molecular complexity index is 858. The van der Waals surface area contributed by atoms with Crippen molar-refractivity contribution in [2.75, 3.05) is 14.2 Å². The van der Waals surface area contributed by atoms with Crippen molar-refractivity contribution in [2.24, 2.45) is 0 Å². The van der Waals surface area contributed by atoms with Crippen molar-refractivity contribution in [3.63, 3.8) is 0 Å². The van der Waals surface area contributed by atoms with Gasteiger partial charge in [0, 0.05) is 0 Å². The molecule has 0 aliphatic rings. The molecule has 7 nitrogen and oxygen atoms in total. The largest absolute Gasteiger partial charge is 0.477 e. The number of ether oxygens (including phenoxy) is 2. The SMILES string of the molecule is COc1nc2cc(C)c(C)c(-c3nc(C)no3)c2nc1OC. The Labute approximate surface area is 127 Å². The van der Waals surface area contributed by atoms with E-state index >= 15 is 0 Å². The summed E-state index contributed by atoms with van der Waals surface area (Å²) in [4.78, 5) is 13.3. The van der Waals surface area contributed by atoms with Crippen LogP contribution in [0.5, 0.6) is 11.8 Å². The molecule has 114 valence electrons. The average Bonchev–Trinajstić information content (AvgIpc) is 2.93. The fourth-order valence-electron chi connectivity index (χ4n) is 2.32. The molecule has 0 saturated heterocycles. The van der Waals surface area contributed by atoms with Crippen LogP contribution in [0.4, 0.5) is 0 Å². The monoisotopic (exact) mass is 300 g/mol. The van der Waals surface area contributed by atoms with Crippen molar-refractivity contribution in [1.82, 2.24) is 20.1 Å². The van der Waals surface area contributed by atoms with Crippen LogP contribution in [-0.4, -0.2) is 34.3 Å². The van der Waals surface area contributed by atoms with E-state index in [1.54, 1.807) is 6.92 Å². The van der Waals surface area contributed by atoms with E-state index in [0.29, 0.717) is 34.5 Å². The van der Waals surface area contributed by atoms with Gasteiger partial charge in [-0.3, -0.25) is 0 Å². The first-order chi connectivity index (χ1) is 10.5. The molecular formula is C15H16N4O3. The van der Waals surface area contributed by atoms with Crippen molar-refractivity contribution in [2.45, 2.75) is 20.8 Å². The van der Waals surface area contributed by atoms with Gasteiger partial charge in [-0.1, -0.05) is 5.16 Å². The third-order valence-corrected chi connectivity index (χ3v) is 3.55. The molecule has 2 aromatic heterocycles. The second-order valence-corrected chi connectivity index (χ2v) is 4.95. The molecule has 2 heterocycles. The third-order valence-electron chi connectivity index (χ3n) is 3.55. The molecule has 22 heavy (non-hydrogen) atoms. The van der Waals surface area contributed by atoms with Crippen LogP contribution in [0.15, 0.2) is 10.6 Å². The first-order valence-corrected chi connectivity index (χ1v) is 6.75. The molecule has 0 fully saturated rings. The van der Waals surface area contributed by atoms with Gasteiger partial charge in [-0.25, -0.2) is 9.97 Å². The molecule has 0 aliphatic carbocycles. The van der Waals surface area contributed by atoms with Gasteiger partial charge in [0.25, 0.3) is 17.7 Å². The zero-order valence-corrected chi connectivity index (χ0v) is 13.1. The highest BCUT2D eigenvalue weighted by Gasteiger charge is 2.20. The second-order valence-electron chi connectivity index (χ2n) is 4.95. The molecule has 0 saturated carbocycles. The molecule has 0 aliphatic heterocycles. The van der Waals surface area contributed by atoms with E-state index < -0.39 is 0 Å². The van der Waals surface area contributed by atoms with E-state index in [1.807, 2.05) is 19.9 Å². The standard InChI is InChI=1S/C15H16N4O3/c1-7-6-10-12(18-15(21-5)14(17-10)20-4)11(8(7)2)13-16-9(3)19-22-13/h6H,1-5H3. The predicted octanol–water partition coefficient (Wildman–Crippen LogP) is 2.62. The summed E-state index contributed by atoms with van der Waals surface area (Å²) in [6.07, 6.45) is 0. The lowest BCUT2D eigenvalue weighted by Gasteiger charge is -2.12.